The zero-order valence-corrected chi connectivity index (χ0v) is 11.9. The normalized spacial score (nSPS) is 17.2. The molecule has 0 saturated heterocycles. The number of carbonyl (C=O) groups is 1. The minimum atomic E-state index is -0.441. The number of ether oxygens (including phenoxy) is 1. The zero-order valence-electron chi connectivity index (χ0n) is 11.1. The summed E-state index contributed by atoms with van der Waals surface area (Å²) in [5, 5.41) is 9.67. The number of hydrogen-bond acceptors (Lipinski definition) is 4. The molecule has 0 bridgehead atoms. The van der Waals surface area contributed by atoms with Crippen molar-refractivity contribution in [3.8, 4) is 11.5 Å². The van der Waals surface area contributed by atoms with Gasteiger partial charge in [-0.1, -0.05) is 17.7 Å². The van der Waals surface area contributed by atoms with Gasteiger partial charge >= 0.3 is 5.97 Å². The van der Waals surface area contributed by atoms with Crippen LogP contribution in [-0.4, -0.2) is 16.1 Å². The fourth-order valence-corrected chi connectivity index (χ4v) is 2.73. The van der Waals surface area contributed by atoms with Gasteiger partial charge in [0.25, 0.3) is 5.56 Å². The van der Waals surface area contributed by atoms with Crippen molar-refractivity contribution in [2.75, 3.05) is 0 Å². The number of aromatic amines is 1. The molecule has 0 spiro atoms. The lowest BCUT2D eigenvalue weighted by Gasteiger charge is -2.24. The topological polar surface area (TPSA) is 79.4 Å². The quantitative estimate of drug-likeness (QED) is 0.793. The first-order chi connectivity index (χ1) is 9.95. The summed E-state index contributed by atoms with van der Waals surface area (Å²) in [5.74, 6) is -0.607. The summed E-state index contributed by atoms with van der Waals surface area (Å²) < 4.78 is 5.16. The fourth-order valence-electron chi connectivity index (χ4n) is 2.54. The smallest absolute Gasteiger partial charge is 0.312 e. The molecule has 6 heteroatoms. The van der Waals surface area contributed by atoms with Crippen LogP contribution in [0.3, 0.4) is 0 Å². The molecule has 108 valence electrons. The van der Waals surface area contributed by atoms with Gasteiger partial charge in [-0.2, -0.15) is 0 Å². The molecule has 0 saturated carbocycles. The first-order valence-electron chi connectivity index (χ1n) is 6.38. The Kier molecular flexibility index (Phi) is 3.22. The van der Waals surface area contributed by atoms with Crippen LogP contribution in [0, 0.1) is 6.92 Å². The van der Waals surface area contributed by atoms with Crippen molar-refractivity contribution < 1.29 is 14.6 Å². The summed E-state index contributed by atoms with van der Waals surface area (Å²) in [6.07, 6.45) is 0.0558. The van der Waals surface area contributed by atoms with Crippen molar-refractivity contribution in [3.05, 3.63) is 56.5 Å². The van der Waals surface area contributed by atoms with Gasteiger partial charge in [-0.15, -0.1) is 0 Å². The third kappa shape index (κ3) is 2.40. The van der Waals surface area contributed by atoms with E-state index in [1.54, 1.807) is 25.1 Å². The van der Waals surface area contributed by atoms with E-state index in [1.807, 2.05) is 0 Å². The van der Waals surface area contributed by atoms with Gasteiger partial charge in [-0.25, -0.2) is 0 Å². The zero-order chi connectivity index (χ0) is 15.1. The summed E-state index contributed by atoms with van der Waals surface area (Å²) in [6, 6.07) is 6.28. The molecule has 21 heavy (non-hydrogen) atoms. The average molecular weight is 306 g/mol. The van der Waals surface area contributed by atoms with Crippen LogP contribution < -0.4 is 10.3 Å². The van der Waals surface area contributed by atoms with Crippen molar-refractivity contribution in [1.82, 2.24) is 4.98 Å². The van der Waals surface area contributed by atoms with Gasteiger partial charge in [0.05, 0.1) is 17.0 Å². The van der Waals surface area contributed by atoms with Gasteiger partial charge in [0.2, 0.25) is 0 Å². The van der Waals surface area contributed by atoms with Crippen LogP contribution in [0.25, 0.3) is 0 Å². The SMILES string of the molecule is Cc1cc2c(c(=O)[nH]1)[C@@H](c1ccc(O)c(Cl)c1)CC(=O)O2. The summed E-state index contributed by atoms with van der Waals surface area (Å²) in [7, 11) is 0. The number of aryl methyl sites for hydroxylation is 1. The highest BCUT2D eigenvalue weighted by molar-refractivity contribution is 6.32. The molecule has 1 aromatic carbocycles. The van der Waals surface area contributed by atoms with Gasteiger partial charge in [-0.05, 0) is 24.6 Å². The number of esters is 1. The summed E-state index contributed by atoms with van der Waals surface area (Å²) >= 11 is 5.91. The maximum absolute atomic E-state index is 12.2. The van der Waals surface area contributed by atoms with Crippen molar-refractivity contribution in [3.63, 3.8) is 0 Å². The second kappa shape index (κ2) is 4.93. The highest BCUT2D eigenvalue weighted by Crippen LogP contribution is 2.38. The predicted octanol–water partition coefficient (Wildman–Crippen LogP) is 2.48. The van der Waals surface area contributed by atoms with E-state index in [1.165, 1.54) is 6.07 Å². The Labute approximate surface area is 125 Å². The molecule has 1 atom stereocenters. The molecule has 0 aliphatic carbocycles. The summed E-state index contributed by atoms with van der Waals surface area (Å²) in [5.41, 5.74) is 1.43. The van der Waals surface area contributed by atoms with E-state index in [9.17, 15) is 14.7 Å². The van der Waals surface area contributed by atoms with Crippen molar-refractivity contribution in [2.24, 2.45) is 0 Å². The molecule has 3 rings (SSSR count). The number of carbonyl (C=O) groups excluding carboxylic acids is 1. The number of pyridine rings is 1. The van der Waals surface area contributed by atoms with Crippen LogP contribution in [-0.2, 0) is 4.79 Å². The van der Waals surface area contributed by atoms with E-state index in [4.69, 9.17) is 16.3 Å². The minimum Gasteiger partial charge on any atom is -0.506 e. The number of phenolic OH excluding ortho intramolecular Hbond substituents is 1. The number of aromatic hydroxyl groups is 1. The molecule has 0 amide bonds. The molecule has 1 aliphatic rings. The Bertz CT molecular complexity index is 797. The third-order valence-electron chi connectivity index (χ3n) is 3.49. The average Bonchev–Trinajstić information content (AvgIpc) is 2.40. The predicted molar refractivity (Wildman–Crippen MR) is 77.0 cm³/mol. The van der Waals surface area contributed by atoms with E-state index < -0.39 is 11.9 Å². The lowest BCUT2D eigenvalue weighted by atomic mass is 9.87. The van der Waals surface area contributed by atoms with Gasteiger partial charge in [-0.3, -0.25) is 9.59 Å². The Hall–Kier alpha value is -2.27. The first kappa shape index (κ1) is 13.7. The van der Waals surface area contributed by atoms with Crippen molar-refractivity contribution in [1.29, 1.82) is 0 Å². The Morgan fingerprint density at radius 1 is 1.33 bits per heavy atom. The maximum Gasteiger partial charge on any atom is 0.312 e. The van der Waals surface area contributed by atoms with Crippen LogP contribution in [0.1, 0.15) is 29.2 Å². The summed E-state index contributed by atoms with van der Waals surface area (Å²) in [4.78, 5) is 26.7. The van der Waals surface area contributed by atoms with Gasteiger partial charge in [0, 0.05) is 17.7 Å². The Morgan fingerprint density at radius 2 is 2.10 bits per heavy atom. The van der Waals surface area contributed by atoms with E-state index >= 15 is 0 Å². The van der Waals surface area contributed by atoms with Crippen LogP contribution >= 0.6 is 11.6 Å². The first-order valence-corrected chi connectivity index (χ1v) is 6.76. The lowest BCUT2D eigenvalue weighted by Crippen LogP contribution is -2.28. The van der Waals surface area contributed by atoms with E-state index in [0.29, 0.717) is 16.8 Å². The number of fused-ring (bicyclic) bond motifs is 1. The molecular formula is C15H12ClNO4. The van der Waals surface area contributed by atoms with Gasteiger partial charge in [0.1, 0.15) is 11.5 Å². The number of halogens is 1. The summed E-state index contributed by atoms with van der Waals surface area (Å²) in [6.45, 7) is 1.72. The number of H-pyrrole nitrogens is 1. The minimum absolute atomic E-state index is 0.0446. The van der Waals surface area contributed by atoms with Gasteiger partial charge < -0.3 is 14.8 Å². The van der Waals surface area contributed by atoms with E-state index in [-0.39, 0.29) is 28.5 Å². The number of benzene rings is 1. The Balaban J connectivity index is 2.19. The molecule has 5 nitrogen and oxygen atoms in total. The third-order valence-corrected chi connectivity index (χ3v) is 3.79. The second-order valence-electron chi connectivity index (χ2n) is 5.00. The van der Waals surface area contributed by atoms with Crippen LogP contribution in [0.5, 0.6) is 11.5 Å². The molecule has 0 fully saturated rings. The monoisotopic (exact) mass is 305 g/mol. The Morgan fingerprint density at radius 3 is 2.81 bits per heavy atom. The van der Waals surface area contributed by atoms with E-state index in [2.05, 4.69) is 4.98 Å². The van der Waals surface area contributed by atoms with Crippen molar-refractivity contribution in [2.45, 2.75) is 19.3 Å². The maximum atomic E-state index is 12.2. The molecule has 1 aromatic heterocycles. The fraction of sp³-hybridized carbons (Fsp3) is 0.200. The van der Waals surface area contributed by atoms with Crippen LogP contribution in [0.2, 0.25) is 5.02 Å². The highest BCUT2D eigenvalue weighted by Gasteiger charge is 2.31. The molecule has 0 unspecified atom stereocenters. The lowest BCUT2D eigenvalue weighted by molar-refractivity contribution is -0.135. The second-order valence-corrected chi connectivity index (χ2v) is 5.41. The van der Waals surface area contributed by atoms with Gasteiger partial charge in [0.15, 0.2) is 0 Å². The number of nitrogens with one attached hydrogen (secondary N) is 1. The number of rotatable bonds is 1. The largest absolute Gasteiger partial charge is 0.506 e. The molecule has 2 heterocycles. The molecular weight excluding hydrogens is 294 g/mol. The molecule has 0 radical (unpaired) electrons. The molecule has 1 aliphatic heterocycles. The standard InChI is InChI=1S/C15H12ClNO4/c1-7-4-12-14(15(20)17-7)9(6-13(19)21-12)8-2-3-11(18)10(16)5-8/h2-5,9,18H,6H2,1H3,(H,17,20)/t9-/m1/s1. The number of phenols is 1. The number of aromatic nitrogens is 1. The molecule has 2 aromatic rings. The van der Waals surface area contributed by atoms with Crippen LogP contribution in [0.4, 0.5) is 0 Å². The van der Waals surface area contributed by atoms with Crippen LogP contribution in [0.15, 0.2) is 29.1 Å². The highest BCUT2D eigenvalue weighted by atomic mass is 35.5. The van der Waals surface area contributed by atoms with Crippen molar-refractivity contribution >= 4 is 17.6 Å². The van der Waals surface area contributed by atoms with E-state index in [0.717, 1.165) is 0 Å². The molecule has 2 N–H and O–H groups in total. The number of hydrogen-bond donors (Lipinski definition) is 2.